The van der Waals surface area contributed by atoms with E-state index in [1.807, 2.05) is 0 Å². The van der Waals surface area contributed by atoms with Crippen LogP contribution in [0.4, 0.5) is 0 Å². The van der Waals surface area contributed by atoms with Crippen molar-refractivity contribution in [3.05, 3.63) is 53.6 Å². The van der Waals surface area contributed by atoms with Crippen molar-refractivity contribution in [3.8, 4) is 23.0 Å². The lowest BCUT2D eigenvalue weighted by molar-refractivity contribution is -0.388. The van der Waals surface area contributed by atoms with Crippen molar-refractivity contribution >= 4 is 6.08 Å². The first-order valence-corrected chi connectivity index (χ1v) is 17.2. The van der Waals surface area contributed by atoms with Crippen LogP contribution in [0, 0.1) is 0 Å². The molecule has 54 heavy (non-hydrogen) atoms. The molecule has 16 unspecified atom stereocenters. The number of hydrogen-bond acceptors (Lipinski definition) is 19. The molecule has 3 heterocycles. The standard InChI is InChI=1S/C35H48O19/c1-14-23(42)26(45)32(54-34-27(46)25(44)24(43)22(13-36)51-34)35(50-14)53-31-28(47)30(19(39)4-2-3-15-5-7-17(37)20(40)11-15)52-33(29(31)48)49-10-9-16-6-8-18(38)21(41)12-16/h2-3,5-8,11-12,14,19,22-48H,4,9-10,13H2,1H3. The number of phenols is 4. The summed E-state index contributed by atoms with van der Waals surface area (Å²) in [5, 5.41) is 135. The molecule has 3 fully saturated rings. The topological polar surface area (TPSA) is 318 Å². The summed E-state index contributed by atoms with van der Waals surface area (Å²) in [6, 6.07) is 8.15. The highest BCUT2D eigenvalue weighted by molar-refractivity contribution is 5.55. The molecule has 0 aliphatic carbocycles. The van der Waals surface area contributed by atoms with E-state index < -0.39 is 105 Å². The van der Waals surface area contributed by atoms with Gasteiger partial charge < -0.3 is 94.8 Å². The lowest BCUT2D eigenvalue weighted by Crippen LogP contribution is -2.67. The maximum atomic E-state index is 11.5. The van der Waals surface area contributed by atoms with Gasteiger partial charge in [-0.2, -0.15) is 0 Å². The fourth-order valence-electron chi connectivity index (χ4n) is 6.36. The second-order valence-electron chi connectivity index (χ2n) is 13.4. The van der Waals surface area contributed by atoms with E-state index in [1.54, 1.807) is 0 Å². The van der Waals surface area contributed by atoms with Gasteiger partial charge >= 0.3 is 0 Å². The lowest BCUT2D eigenvalue weighted by Gasteiger charge is -2.48. The van der Waals surface area contributed by atoms with Crippen molar-refractivity contribution in [1.29, 1.82) is 0 Å². The largest absolute Gasteiger partial charge is 0.504 e. The van der Waals surface area contributed by atoms with Crippen molar-refractivity contribution in [2.45, 2.75) is 118 Å². The Balaban J connectivity index is 1.37. The maximum absolute atomic E-state index is 11.5. The molecule has 19 heteroatoms. The van der Waals surface area contributed by atoms with Crippen molar-refractivity contribution in [2.75, 3.05) is 13.2 Å². The van der Waals surface area contributed by atoms with Crippen LogP contribution in [0.15, 0.2) is 42.5 Å². The Kier molecular flexibility index (Phi) is 14.1. The molecule has 0 aromatic heterocycles. The highest BCUT2D eigenvalue weighted by atomic mass is 16.8. The monoisotopic (exact) mass is 772 g/mol. The minimum Gasteiger partial charge on any atom is -0.504 e. The summed E-state index contributed by atoms with van der Waals surface area (Å²) in [6.07, 6.45) is -23.7. The van der Waals surface area contributed by atoms with Gasteiger partial charge in [-0.3, -0.25) is 0 Å². The molecule has 2 aromatic carbocycles. The molecule has 0 spiro atoms. The van der Waals surface area contributed by atoms with Gasteiger partial charge in [-0.1, -0.05) is 24.3 Å². The summed E-state index contributed by atoms with van der Waals surface area (Å²) in [7, 11) is 0. The van der Waals surface area contributed by atoms with Gasteiger partial charge in [-0.15, -0.1) is 0 Å². The van der Waals surface area contributed by atoms with E-state index in [9.17, 15) is 66.4 Å². The molecule has 2 aromatic rings. The van der Waals surface area contributed by atoms with E-state index in [1.165, 1.54) is 55.5 Å². The number of phenolic OH excluding ortho intramolecular Hbond substituents is 4. The van der Waals surface area contributed by atoms with Crippen molar-refractivity contribution in [3.63, 3.8) is 0 Å². The molecule has 0 bridgehead atoms. The van der Waals surface area contributed by atoms with E-state index >= 15 is 0 Å². The summed E-state index contributed by atoms with van der Waals surface area (Å²) >= 11 is 0. The average Bonchev–Trinajstić information content (AvgIpc) is 3.14. The third kappa shape index (κ3) is 9.41. The van der Waals surface area contributed by atoms with Gasteiger partial charge in [0.05, 0.1) is 25.4 Å². The molecule has 0 amide bonds. The van der Waals surface area contributed by atoms with Crippen LogP contribution in [0.1, 0.15) is 24.5 Å². The number of hydrogen-bond donors (Lipinski definition) is 13. The zero-order chi connectivity index (χ0) is 39.4. The maximum Gasteiger partial charge on any atom is 0.187 e. The van der Waals surface area contributed by atoms with Crippen molar-refractivity contribution in [1.82, 2.24) is 0 Å². The molecular weight excluding hydrogens is 724 g/mol. The van der Waals surface area contributed by atoms with Crippen LogP contribution in [0.2, 0.25) is 0 Å². The highest BCUT2D eigenvalue weighted by Gasteiger charge is 2.54. The van der Waals surface area contributed by atoms with E-state index in [4.69, 9.17) is 28.4 Å². The molecule has 0 radical (unpaired) electrons. The zero-order valence-corrected chi connectivity index (χ0v) is 28.9. The second kappa shape index (κ2) is 18.2. The predicted molar refractivity (Wildman–Crippen MR) is 179 cm³/mol. The molecule has 5 rings (SSSR count). The first-order valence-electron chi connectivity index (χ1n) is 17.2. The summed E-state index contributed by atoms with van der Waals surface area (Å²) in [5.74, 6) is -1.40. The molecule has 3 aliphatic rings. The van der Waals surface area contributed by atoms with Crippen LogP contribution in [0.5, 0.6) is 23.0 Å². The van der Waals surface area contributed by atoms with Gasteiger partial charge in [0.2, 0.25) is 0 Å². The average molecular weight is 773 g/mol. The quantitative estimate of drug-likeness (QED) is 0.0903. The number of aliphatic hydroxyl groups is 9. The first kappa shape index (κ1) is 41.9. The Morgan fingerprint density at radius 1 is 0.667 bits per heavy atom. The van der Waals surface area contributed by atoms with Gasteiger partial charge in [0.1, 0.15) is 67.1 Å². The minimum absolute atomic E-state index is 0.145. The smallest absolute Gasteiger partial charge is 0.187 e. The normalized spacial score (nSPS) is 38.1. The van der Waals surface area contributed by atoms with E-state index in [-0.39, 0.29) is 42.4 Å². The fraction of sp³-hybridized carbons (Fsp3) is 0.600. The van der Waals surface area contributed by atoms with Crippen molar-refractivity contribution < 1.29 is 94.8 Å². The number of rotatable bonds is 13. The van der Waals surface area contributed by atoms with Gasteiger partial charge in [0.15, 0.2) is 41.9 Å². The molecule has 19 nitrogen and oxygen atoms in total. The zero-order valence-electron chi connectivity index (χ0n) is 28.9. The fourth-order valence-corrected chi connectivity index (χ4v) is 6.36. The van der Waals surface area contributed by atoms with E-state index in [2.05, 4.69) is 0 Å². The number of aromatic hydroxyl groups is 4. The van der Waals surface area contributed by atoms with Crippen LogP contribution in [-0.2, 0) is 34.8 Å². The summed E-state index contributed by atoms with van der Waals surface area (Å²) in [6.45, 7) is 0.442. The Labute approximate surface area is 308 Å². The number of benzene rings is 2. The van der Waals surface area contributed by atoms with E-state index in [0.717, 1.165) is 0 Å². The van der Waals surface area contributed by atoms with Crippen LogP contribution in [0.25, 0.3) is 6.08 Å². The molecule has 3 aliphatic heterocycles. The third-order valence-electron chi connectivity index (χ3n) is 9.57. The van der Waals surface area contributed by atoms with E-state index in [0.29, 0.717) is 11.1 Å². The van der Waals surface area contributed by atoms with Gasteiger partial charge in [0, 0.05) is 0 Å². The molecule has 16 atom stereocenters. The first-order chi connectivity index (χ1) is 25.6. The summed E-state index contributed by atoms with van der Waals surface area (Å²) < 4.78 is 34.6. The second-order valence-corrected chi connectivity index (χ2v) is 13.4. The Bertz CT molecular complexity index is 1540. The third-order valence-corrected chi connectivity index (χ3v) is 9.57. The van der Waals surface area contributed by atoms with Gasteiger partial charge in [-0.25, -0.2) is 0 Å². The molecule has 3 saturated heterocycles. The number of ether oxygens (including phenoxy) is 6. The van der Waals surface area contributed by atoms with Crippen LogP contribution < -0.4 is 0 Å². The SMILES string of the molecule is CC1OC(OC2C(O)C(OCCc3ccc(O)c(O)c3)OC(C(O)CC=Cc3ccc(O)c(O)c3)C2O)C(OC2OC(CO)C(O)C(O)C2O)C(O)C1O. The number of aliphatic hydroxyl groups excluding tert-OH is 9. The van der Waals surface area contributed by atoms with Crippen LogP contribution in [0.3, 0.4) is 0 Å². The van der Waals surface area contributed by atoms with Crippen LogP contribution >= 0.6 is 0 Å². The lowest BCUT2D eigenvalue weighted by atomic mass is 9.93. The summed E-state index contributed by atoms with van der Waals surface area (Å²) in [5.41, 5.74) is 1.01. The van der Waals surface area contributed by atoms with Gasteiger partial charge in [0.25, 0.3) is 0 Å². The molecule has 302 valence electrons. The molecule has 0 saturated carbocycles. The van der Waals surface area contributed by atoms with Crippen LogP contribution in [-0.4, -0.2) is 178 Å². The highest BCUT2D eigenvalue weighted by Crippen LogP contribution is 2.35. The molecule has 13 N–H and O–H groups in total. The Morgan fingerprint density at radius 3 is 2.00 bits per heavy atom. The Morgan fingerprint density at radius 2 is 1.33 bits per heavy atom. The minimum atomic E-state index is -1.92. The van der Waals surface area contributed by atoms with Gasteiger partial charge in [-0.05, 0) is 55.2 Å². The molecular formula is C35H48O19. The Hall–Kier alpha value is -3.22. The summed E-state index contributed by atoms with van der Waals surface area (Å²) in [4.78, 5) is 0. The predicted octanol–water partition coefficient (Wildman–Crippen LogP) is -2.98. The van der Waals surface area contributed by atoms with Crippen molar-refractivity contribution in [2.24, 2.45) is 0 Å².